The minimum Gasteiger partial charge on any atom is -0.478 e. The van der Waals surface area contributed by atoms with Crippen molar-refractivity contribution in [2.75, 3.05) is 5.32 Å². The molecule has 1 heterocycles. The van der Waals surface area contributed by atoms with Gasteiger partial charge in [0.2, 0.25) is 0 Å². The van der Waals surface area contributed by atoms with Crippen LogP contribution < -0.4 is 5.32 Å². The molecule has 0 atom stereocenters. The Morgan fingerprint density at radius 3 is 2.53 bits per heavy atom. The molecule has 0 aliphatic rings. The van der Waals surface area contributed by atoms with Crippen LogP contribution in [-0.2, 0) is 0 Å². The van der Waals surface area contributed by atoms with Crippen LogP contribution in [0.5, 0.6) is 0 Å². The highest BCUT2D eigenvalue weighted by Gasteiger charge is 2.10. The minimum absolute atomic E-state index is 0.182. The SMILES string of the molecule is Cc1cc(C(=O)O)ccc1NC(=O)c1ccnnc1. The van der Waals surface area contributed by atoms with E-state index in [2.05, 4.69) is 15.5 Å². The van der Waals surface area contributed by atoms with Crippen LogP contribution in [0, 0.1) is 6.92 Å². The van der Waals surface area contributed by atoms with Gasteiger partial charge in [-0.2, -0.15) is 10.2 Å². The first-order valence-electron chi connectivity index (χ1n) is 5.50. The van der Waals surface area contributed by atoms with Crippen molar-refractivity contribution in [1.29, 1.82) is 0 Å². The van der Waals surface area contributed by atoms with Crippen molar-refractivity contribution >= 4 is 17.6 Å². The molecule has 1 aromatic heterocycles. The average Bonchev–Trinajstić information content (AvgIpc) is 2.41. The smallest absolute Gasteiger partial charge is 0.335 e. The van der Waals surface area contributed by atoms with E-state index in [1.54, 1.807) is 19.1 Å². The number of aryl methyl sites for hydroxylation is 1. The van der Waals surface area contributed by atoms with Gasteiger partial charge in [0.1, 0.15) is 0 Å². The lowest BCUT2D eigenvalue weighted by atomic mass is 10.1. The maximum Gasteiger partial charge on any atom is 0.335 e. The predicted molar refractivity (Wildman–Crippen MR) is 68.1 cm³/mol. The number of amides is 1. The predicted octanol–water partition coefficient (Wildman–Crippen LogP) is 1.74. The summed E-state index contributed by atoms with van der Waals surface area (Å²) in [7, 11) is 0. The minimum atomic E-state index is -1.00. The molecule has 0 unspecified atom stereocenters. The summed E-state index contributed by atoms with van der Waals surface area (Å²) in [6.07, 6.45) is 2.78. The third-order valence-corrected chi connectivity index (χ3v) is 2.57. The molecule has 2 N–H and O–H groups in total. The largest absolute Gasteiger partial charge is 0.478 e. The zero-order chi connectivity index (χ0) is 13.8. The quantitative estimate of drug-likeness (QED) is 0.873. The number of nitrogens with one attached hydrogen (secondary N) is 1. The van der Waals surface area contributed by atoms with Gasteiger partial charge in [0.15, 0.2) is 0 Å². The van der Waals surface area contributed by atoms with Crippen molar-refractivity contribution < 1.29 is 14.7 Å². The highest BCUT2D eigenvalue weighted by molar-refractivity contribution is 6.04. The topological polar surface area (TPSA) is 92.2 Å². The molecule has 0 bridgehead atoms. The number of benzene rings is 1. The van der Waals surface area contributed by atoms with Crippen molar-refractivity contribution in [3.63, 3.8) is 0 Å². The first-order valence-corrected chi connectivity index (χ1v) is 5.50. The van der Waals surface area contributed by atoms with Crippen LogP contribution in [0.4, 0.5) is 5.69 Å². The number of rotatable bonds is 3. The molecule has 0 aliphatic heterocycles. The third-order valence-electron chi connectivity index (χ3n) is 2.57. The average molecular weight is 257 g/mol. The van der Waals surface area contributed by atoms with Gasteiger partial charge in [-0.3, -0.25) is 4.79 Å². The Morgan fingerprint density at radius 1 is 1.16 bits per heavy atom. The van der Waals surface area contributed by atoms with Gasteiger partial charge < -0.3 is 10.4 Å². The normalized spacial score (nSPS) is 9.95. The number of aromatic nitrogens is 2. The van der Waals surface area contributed by atoms with Crippen molar-refractivity contribution in [2.45, 2.75) is 6.92 Å². The van der Waals surface area contributed by atoms with Gasteiger partial charge in [0, 0.05) is 5.69 Å². The molecule has 0 saturated heterocycles. The molecular formula is C13H11N3O3. The standard InChI is InChI=1S/C13H11N3O3/c1-8-6-9(13(18)19)2-3-11(8)16-12(17)10-4-5-14-15-7-10/h2-7H,1H3,(H,16,17)(H,18,19). The fraction of sp³-hybridized carbons (Fsp3) is 0.0769. The van der Waals surface area contributed by atoms with E-state index in [1.807, 2.05) is 0 Å². The molecule has 0 spiro atoms. The Bertz CT molecular complexity index is 626. The van der Waals surface area contributed by atoms with Gasteiger partial charge in [-0.15, -0.1) is 0 Å². The molecule has 2 rings (SSSR count). The number of anilines is 1. The number of carboxylic acid groups (broad SMARTS) is 1. The molecule has 6 heteroatoms. The van der Waals surface area contributed by atoms with E-state index in [1.165, 1.54) is 24.5 Å². The second kappa shape index (κ2) is 5.26. The van der Waals surface area contributed by atoms with Crippen molar-refractivity contribution in [3.05, 3.63) is 53.3 Å². The van der Waals surface area contributed by atoms with Gasteiger partial charge >= 0.3 is 5.97 Å². The lowest BCUT2D eigenvalue weighted by Crippen LogP contribution is -2.13. The fourth-order valence-electron chi connectivity index (χ4n) is 1.56. The molecule has 0 radical (unpaired) electrons. The van der Waals surface area contributed by atoms with Crippen LogP contribution in [0.25, 0.3) is 0 Å². The van der Waals surface area contributed by atoms with E-state index in [4.69, 9.17) is 5.11 Å². The van der Waals surface area contributed by atoms with Crippen molar-refractivity contribution in [1.82, 2.24) is 10.2 Å². The van der Waals surface area contributed by atoms with Crippen LogP contribution in [0.3, 0.4) is 0 Å². The van der Waals surface area contributed by atoms with E-state index in [-0.39, 0.29) is 11.5 Å². The number of nitrogens with zero attached hydrogens (tertiary/aromatic N) is 2. The first kappa shape index (κ1) is 12.7. The monoisotopic (exact) mass is 257 g/mol. The lowest BCUT2D eigenvalue weighted by molar-refractivity contribution is 0.0696. The second-order valence-corrected chi connectivity index (χ2v) is 3.92. The Balaban J connectivity index is 2.20. The Kier molecular flexibility index (Phi) is 3.51. The van der Waals surface area contributed by atoms with Gasteiger partial charge in [-0.1, -0.05) is 0 Å². The Labute approximate surface area is 109 Å². The van der Waals surface area contributed by atoms with Crippen molar-refractivity contribution in [3.8, 4) is 0 Å². The summed E-state index contributed by atoms with van der Waals surface area (Å²) in [6, 6.07) is 6.05. The van der Waals surface area contributed by atoms with Crippen LogP contribution in [0.2, 0.25) is 0 Å². The molecule has 0 aliphatic carbocycles. The molecule has 1 amide bonds. The Morgan fingerprint density at radius 2 is 1.95 bits per heavy atom. The number of hydrogen-bond acceptors (Lipinski definition) is 4. The number of carboxylic acids is 1. The number of carbonyl (C=O) groups is 2. The van der Waals surface area contributed by atoms with Gasteiger partial charge in [-0.05, 0) is 36.8 Å². The molecule has 0 saturated carbocycles. The summed E-state index contributed by atoms with van der Waals surface area (Å²) in [5.41, 5.74) is 1.81. The summed E-state index contributed by atoms with van der Waals surface area (Å²) in [4.78, 5) is 22.7. The molecule has 2 aromatic rings. The van der Waals surface area contributed by atoms with E-state index in [0.29, 0.717) is 16.8 Å². The zero-order valence-electron chi connectivity index (χ0n) is 10.1. The van der Waals surface area contributed by atoms with E-state index < -0.39 is 5.97 Å². The van der Waals surface area contributed by atoms with Crippen LogP contribution >= 0.6 is 0 Å². The maximum atomic E-state index is 11.9. The van der Waals surface area contributed by atoms with E-state index in [9.17, 15) is 9.59 Å². The first-order chi connectivity index (χ1) is 9.08. The van der Waals surface area contributed by atoms with Crippen LogP contribution in [0.1, 0.15) is 26.3 Å². The number of aromatic carboxylic acids is 1. The summed E-state index contributed by atoms with van der Waals surface area (Å²) in [5.74, 6) is -1.32. The lowest BCUT2D eigenvalue weighted by Gasteiger charge is -2.08. The van der Waals surface area contributed by atoms with Crippen molar-refractivity contribution in [2.24, 2.45) is 0 Å². The maximum absolute atomic E-state index is 11.9. The molecule has 19 heavy (non-hydrogen) atoms. The molecule has 6 nitrogen and oxygen atoms in total. The Hall–Kier alpha value is -2.76. The van der Waals surface area contributed by atoms with Gasteiger partial charge in [0.25, 0.3) is 5.91 Å². The fourth-order valence-corrected chi connectivity index (χ4v) is 1.56. The summed E-state index contributed by atoms with van der Waals surface area (Å²) in [5, 5.41) is 18.8. The second-order valence-electron chi connectivity index (χ2n) is 3.92. The summed E-state index contributed by atoms with van der Waals surface area (Å²) < 4.78 is 0. The molecule has 0 fully saturated rings. The number of hydrogen-bond donors (Lipinski definition) is 2. The summed E-state index contributed by atoms with van der Waals surface area (Å²) in [6.45, 7) is 1.73. The molecule has 96 valence electrons. The third kappa shape index (κ3) is 2.92. The van der Waals surface area contributed by atoms with Gasteiger partial charge in [-0.25, -0.2) is 4.79 Å². The van der Waals surface area contributed by atoms with Crippen LogP contribution in [-0.4, -0.2) is 27.2 Å². The molecular weight excluding hydrogens is 246 g/mol. The highest BCUT2D eigenvalue weighted by atomic mass is 16.4. The zero-order valence-corrected chi connectivity index (χ0v) is 10.1. The number of carbonyl (C=O) groups excluding carboxylic acids is 1. The van der Waals surface area contributed by atoms with E-state index >= 15 is 0 Å². The van der Waals surface area contributed by atoms with Crippen LogP contribution in [0.15, 0.2) is 36.7 Å². The van der Waals surface area contributed by atoms with E-state index in [0.717, 1.165) is 0 Å². The molecule has 1 aromatic carbocycles. The van der Waals surface area contributed by atoms with Gasteiger partial charge in [0.05, 0.1) is 23.5 Å². The highest BCUT2D eigenvalue weighted by Crippen LogP contribution is 2.17. The summed E-state index contributed by atoms with van der Waals surface area (Å²) >= 11 is 0.